The van der Waals surface area contributed by atoms with Crippen LogP contribution in [0.3, 0.4) is 0 Å². The fourth-order valence-electron chi connectivity index (χ4n) is 4.97. The summed E-state index contributed by atoms with van der Waals surface area (Å²) in [5.74, 6) is 1.52. The molecular formula is C23H31N5O2. The van der Waals surface area contributed by atoms with Crippen LogP contribution >= 0.6 is 0 Å². The van der Waals surface area contributed by atoms with E-state index in [0.29, 0.717) is 18.4 Å². The number of nitrogens with one attached hydrogen (secondary N) is 1. The Hall–Kier alpha value is -2.41. The van der Waals surface area contributed by atoms with Gasteiger partial charge in [-0.05, 0) is 56.2 Å². The van der Waals surface area contributed by atoms with Crippen molar-refractivity contribution < 1.29 is 9.53 Å². The average Bonchev–Trinajstić information content (AvgIpc) is 3.29. The van der Waals surface area contributed by atoms with E-state index in [-0.39, 0.29) is 5.91 Å². The number of ether oxygens (including phenoxy) is 1. The van der Waals surface area contributed by atoms with E-state index in [2.05, 4.69) is 43.3 Å². The molecule has 1 unspecified atom stereocenters. The first-order valence-corrected chi connectivity index (χ1v) is 11.4. The highest BCUT2D eigenvalue weighted by Gasteiger charge is 2.24. The second-order valence-corrected chi connectivity index (χ2v) is 8.90. The highest BCUT2D eigenvalue weighted by atomic mass is 16.5. The molecule has 1 atom stereocenters. The minimum Gasteiger partial charge on any atom is -0.474 e. The maximum absolute atomic E-state index is 11.4. The minimum atomic E-state index is 0.202. The molecule has 1 N–H and O–H groups in total. The Morgan fingerprint density at radius 2 is 1.90 bits per heavy atom. The van der Waals surface area contributed by atoms with Gasteiger partial charge >= 0.3 is 0 Å². The topological polar surface area (TPSA) is 70.6 Å². The van der Waals surface area contributed by atoms with Crippen molar-refractivity contribution in [2.24, 2.45) is 5.92 Å². The standard InChI is InChI=1S/C23H31N5O2/c29-22-8-5-17(14-24-22)15-27-9-11-28(12-10-27)18-6-7-21-20(13-18)23(26-16-25-21)30-19-3-1-2-4-19/h6-7,13,16-17,19H,1-5,8-12,14-15H2,(H,24,29). The summed E-state index contributed by atoms with van der Waals surface area (Å²) < 4.78 is 6.23. The second kappa shape index (κ2) is 8.76. The van der Waals surface area contributed by atoms with E-state index < -0.39 is 0 Å². The van der Waals surface area contributed by atoms with Gasteiger partial charge in [-0.1, -0.05) is 0 Å². The number of carbonyl (C=O) groups is 1. The molecule has 5 rings (SSSR count). The first-order chi connectivity index (χ1) is 14.7. The molecule has 1 amide bonds. The molecule has 1 aliphatic carbocycles. The molecule has 160 valence electrons. The van der Waals surface area contributed by atoms with E-state index in [1.165, 1.54) is 18.5 Å². The molecule has 7 heteroatoms. The van der Waals surface area contributed by atoms with Crippen molar-refractivity contribution in [3.05, 3.63) is 24.5 Å². The quantitative estimate of drug-likeness (QED) is 0.819. The van der Waals surface area contributed by atoms with Gasteiger partial charge in [-0.2, -0.15) is 0 Å². The molecule has 0 bridgehead atoms. The summed E-state index contributed by atoms with van der Waals surface area (Å²) in [5.41, 5.74) is 2.16. The smallest absolute Gasteiger partial charge is 0.224 e. The summed E-state index contributed by atoms with van der Waals surface area (Å²) in [7, 11) is 0. The Kier molecular flexibility index (Phi) is 5.71. The van der Waals surface area contributed by atoms with Crippen molar-refractivity contribution in [2.45, 2.75) is 44.6 Å². The highest BCUT2D eigenvalue weighted by Crippen LogP contribution is 2.30. The third-order valence-corrected chi connectivity index (χ3v) is 6.78. The third-order valence-electron chi connectivity index (χ3n) is 6.78. The van der Waals surface area contributed by atoms with Crippen LogP contribution in [-0.4, -0.2) is 66.1 Å². The van der Waals surface area contributed by atoms with E-state index in [0.717, 1.165) is 75.3 Å². The summed E-state index contributed by atoms with van der Waals surface area (Å²) >= 11 is 0. The maximum Gasteiger partial charge on any atom is 0.224 e. The van der Waals surface area contributed by atoms with E-state index in [1.54, 1.807) is 6.33 Å². The molecule has 0 spiro atoms. The van der Waals surface area contributed by atoms with Crippen LogP contribution in [0.25, 0.3) is 10.9 Å². The van der Waals surface area contributed by atoms with Crippen LogP contribution in [0.1, 0.15) is 38.5 Å². The molecule has 30 heavy (non-hydrogen) atoms. The molecule has 1 aromatic heterocycles. The summed E-state index contributed by atoms with van der Waals surface area (Å²) in [6.07, 6.45) is 8.33. The van der Waals surface area contributed by atoms with Crippen LogP contribution in [0.5, 0.6) is 5.88 Å². The normalized spacial score (nSPS) is 23.7. The summed E-state index contributed by atoms with van der Waals surface area (Å²) in [5, 5.41) is 4.02. The Morgan fingerprint density at radius 3 is 2.67 bits per heavy atom. The third kappa shape index (κ3) is 4.36. The Morgan fingerprint density at radius 1 is 1.07 bits per heavy atom. The van der Waals surface area contributed by atoms with E-state index in [1.807, 2.05) is 0 Å². The molecule has 3 heterocycles. The number of piperidine rings is 1. The number of hydrogen-bond donors (Lipinski definition) is 1. The van der Waals surface area contributed by atoms with Crippen LogP contribution in [0.15, 0.2) is 24.5 Å². The lowest BCUT2D eigenvalue weighted by Gasteiger charge is -2.38. The Bertz CT molecular complexity index is 880. The highest BCUT2D eigenvalue weighted by molar-refractivity contribution is 5.86. The van der Waals surface area contributed by atoms with Gasteiger partial charge in [0.05, 0.1) is 10.9 Å². The van der Waals surface area contributed by atoms with Crippen LogP contribution < -0.4 is 15.0 Å². The van der Waals surface area contributed by atoms with Gasteiger partial charge in [0.25, 0.3) is 0 Å². The summed E-state index contributed by atoms with van der Waals surface area (Å²) in [6.45, 7) is 6.04. The van der Waals surface area contributed by atoms with E-state index >= 15 is 0 Å². The molecular weight excluding hydrogens is 378 g/mol. The minimum absolute atomic E-state index is 0.202. The monoisotopic (exact) mass is 409 g/mol. The predicted octanol–water partition coefficient (Wildman–Crippen LogP) is 2.60. The molecule has 3 aliphatic rings. The van der Waals surface area contributed by atoms with Gasteiger partial charge in [0, 0.05) is 51.4 Å². The number of carbonyl (C=O) groups excluding carboxylic acids is 1. The van der Waals surface area contributed by atoms with Crippen molar-refractivity contribution >= 4 is 22.5 Å². The zero-order chi connectivity index (χ0) is 20.3. The molecule has 2 saturated heterocycles. The van der Waals surface area contributed by atoms with Gasteiger partial charge in [0.15, 0.2) is 0 Å². The van der Waals surface area contributed by atoms with Gasteiger partial charge in [-0.25, -0.2) is 9.97 Å². The summed E-state index contributed by atoms with van der Waals surface area (Å²) in [4.78, 5) is 25.2. The Balaban J connectivity index is 1.23. The number of rotatable bonds is 5. The van der Waals surface area contributed by atoms with Crippen molar-refractivity contribution in [2.75, 3.05) is 44.2 Å². The number of benzene rings is 1. The number of amides is 1. The fourth-order valence-corrected chi connectivity index (χ4v) is 4.97. The van der Waals surface area contributed by atoms with Gasteiger partial charge in [0.1, 0.15) is 12.4 Å². The number of piperazine rings is 1. The first-order valence-electron chi connectivity index (χ1n) is 11.4. The van der Waals surface area contributed by atoms with E-state index in [9.17, 15) is 4.79 Å². The zero-order valence-electron chi connectivity index (χ0n) is 17.6. The van der Waals surface area contributed by atoms with Crippen LogP contribution in [-0.2, 0) is 4.79 Å². The summed E-state index contributed by atoms with van der Waals surface area (Å²) in [6, 6.07) is 6.46. The number of anilines is 1. The second-order valence-electron chi connectivity index (χ2n) is 8.90. The van der Waals surface area contributed by atoms with Gasteiger partial charge in [-0.3, -0.25) is 9.69 Å². The number of hydrogen-bond acceptors (Lipinski definition) is 6. The molecule has 3 fully saturated rings. The lowest BCUT2D eigenvalue weighted by Crippen LogP contribution is -2.49. The molecule has 2 aliphatic heterocycles. The molecule has 0 radical (unpaired) electrons. The van der Waals surface area contributed by atoms with Crippen LogP contribution in [0.2, 0.25) is 0 Å². The molecule has 7 nitrogen and oxygen atoms in total. The largest absolute Gasteiger partial charge is 0.474 e. The Labute approximate surface area is 177 Å². The molecule has 1 aromatic carbocycles. The lowest BCUT2D eigenvalue weighted by atomic mass is 9.98. The predicted molar refractivity (Wildman–Crippen MR) is 117 cm³/mol. The van der Waals surface area contributed by atoms with Gasteiger partial charge < -0.3 is 15.0 Å². The maximum atomic E-state index is 11.4. The molecule has 1 saturated carbocycles. The van der Waals surface area contributed by atoms with E-state index in [4.69, 9.17) is 4.74 Å². The van der Waals surface area contributed by atoms with Crippen molar-refractivity contribution in [1.82, 2.24) is 20.2 Å². The SMILES string of the molecule is O=C1CCC(CN2CCN(c3ccc4ncnc(OC5CCCC5)c4c3)CC2)CN1. The number of aromatic nitrogens is 2. The first kappa shape index (κ1) is 19.5. The zero-order valence-corrected chi connectivity index (χ0v) is 17.6. The van der Waals surface area contributed by atoms with Crippen molar-refractivity contribution in [1.29, 1.82) is 0 Å². The van der Waals surface area contributed by atoms with Crippen molar-refractivity contribution in [3.63, 3.8) is 0 Å². The van der Waals surface area contributed by atoms with Gasteiger partial charge in [-0.15, -0.1) is 0 Å². The molecule has 2 aromatic rings. The van der Waals surface area contributed by atoms with Gasteiger partial charge in [0.2, 0.25) is 11.8 Å². The number of nitrogens with zero attached hydrogens (tertiary/aromatic N) is 4. The van der Waals surface area contributed by atoms with Crippen LogP contribution in [0.4, 0.5) is 5.69 Å². The van der Waals surface area contributed by atoms with Crippen LogP contribution in [0, 0.1) is 5.92 Å². The fraction of sp³-hybridized carbons (Fsp3) is 0.609. The lowest BCUT2D eigenvalue weighted by molar-refractivity contribution is -0.123. The van der Waals surface area contributed by atoms with Crippen molar-refractivity contribution in [3.8, 4) is 5.88 Å². The average molecular weight is 410 g/mol. The number of fused-ring (bicyclic) bond motifs is 1.